The van der Waals surface area contributed by atoms with E-state index in [0.717, 1.165) is 36.2 Å². The maximum Gasteiger partial charge on any atom is 0.416 e. The molecule has 0 aliphatic carbocycles. The molecule has 216 valence electrons. The molecule has 6 rings (SSSR count). The lowest BCUT2D eigenvalue weighted by atomic mass is 10.0. The molecule has 0 fully saturated rings. The lowest BCUT2D eigenvalue weighted by molar-refractivity contribution is -0.138. The van der Waals surface area contributed by atoms with Crippen LogP contribution in [0.1, 0.15) is 33.4 Å². The largest absolute Gasteiger partial charge is 0.416 e. The van der Waals surface area contributed by atoms with Gasteiger partial charge in [-0.2, -0.15) is 36.3 Å². The average Bonchev–Trinajstić information content (AvgIpc) is 3.37. The SMILES string of the molecule is FC(F)(F)c1ccc(Cn2cnc3c(NCc4cccc(C(F)(F)F)c4)nc(N4CCc5ccccc5C4)nc32)cc1. The van der Waals surface area contributed by atoms with E-state index in [-0.39, 0.29) is 13.1 Å². The number of anilines is 2. The molecule has 0 saturated carbocycles. The van der Waals surface area contributed by atoms with Crippen molar-refractivity contribution in [3.8, 4) is 0 Å². The monoisotopic (exact) mass is 582 g/mol. The number of halogens is 6. The van der Waals surface area contributed by atoms with Gasteiger partial charge in [-0.1, -0.05) is 48.5 Å². The minimum atomic E-state index is -4.47. The summed E-state index contributed by atoms with van der Waals surface area (Å²) in [5.74, 6) is 0.759. The number of rotatable bonds is 6. The molecule has 42 heavy (non-hydrogen) atoms. The molecule has 5 aromatic rings. The fraction of sp³-hybridized carbons (Fsp3) is 0.233. The van der Waals surface area contributed by atoms with Crippen LogP contribution in [0.3, 0.4) is 0 Å². The minimum Gasteiger partial charge on any atom is -0.364 e. The van der Waals surface area contributed by atoms with E-state index in [4.69, 9.17) is 9.97 Å². The molecule has 6 nitrogen and oxygen atoms in total. The van der Waals surface area contributed by atoms with Crippen LogP contribution >= 0.6 is 0 Å². The highest BCUT2D eigenvalue weighted by molar-refractivity contribution is 5.84. The summed E-state index contributed by atoms with van der Waals surface area (Å²) in [6, 6.07) is 18.0. The van der Waals surface area contributed by atoms with Gasteiger partial charge in [-0.25, -0.2) is 4.98 Å². The van der Waals surface area contributed by atoms with Crippen molar-refractivity contribution in [3.63, 3.8) is 0 Å². The summed E-state index contributed by atoms with van der Waals surface area (Å²) in [6.45, 7) is 1.50. The molecule has 0 saturated heterocycles. The molecular weight excluding hydrogens is 558 g/mol. The first-order valence-electron chi connectivity index (χ1n) is 13.2. The smallest absolute Gasteiger partial charge is 0.364 e. The Balaban J connectivity index is 1.34. The highest BCUT2D eigenvalue weighted by Crippen LogP contribution is 2.32. The maximum atomic E-state index is 13.3. The van der Waals surface area contributed by atoms with Crippen molar-refractivity contribution in [3.05, 3.63) is 113 Å². The predicted octanol–water partition coefficient (Wildman–Crippen LogP) is 7.09. The van der Waals surface area contributed by atoms with Crippen LogP contribution in [0.2, 0.25) is 0 Å². The number of hydrogen-bond donors (Lipinski definition) is 1. The van der Waals surface area contributed by atoms with E-state index >= 15 is 0 Å². The van der Waals surface area contributed by atoms with Crippen molar-refractivity contribution >= 4 is 22.9 Å². The Morgan fingerprint density at radius 2 is 1.50 bits per heavy atom. The van der Waals surface area contributed by atoms with E-state index in [1.807, 2.05) is 23.1 Å². The number of nitrogens with one attached hydrogen (secondary N) is 1. The van der Waals surface area contributed by atoms with Gasteiger partial charge in [-0.05, 0) is 52.9 Å². The minimum absolute atomic E-state index is 0.0596. The third-order valence-electron chi connectivity index (χ3n) is 7.21. The summed E-state index contributed by atoms with van der Waals surface area (Å²) in [5.41, 5.74) is 2.78. The van der Waals surface area contributed by atoms with Gasteiger partial charge in [0.1, 0.15) is 0 Å². The van der Waals surface area contributed by atoms with Gasteiger partial charge in [0.15, 0.2) is 17.0 Å². The molecule has 0 bridgehead atoms. The molecule has 12 heteroatoms. The average molecular weight is 583 g/mol. The number of alkyl halides is 6. The highest BCUT2D eigenvalue weighted by atomic mass is 19.4. The van der Waals surface area contributed by atoms with E-state index in [1.165, 1.54) is 30.1 Å². The maximum absolute atomic E-state index is 13.3. The molecule has 3 aromatic carbocycles. The Labute approximate surface area is 236 Å². The van der Waals surface area contributed by atoms with Crippen molar-refractivity contribution in [1.82, 2.24) is 19.5 Å². The van der Waals surface area contributed by atoms with E-state index in [9.17, 15) is 26.3 Å². The van der Waals surface area contributed by atoms with E-state index in [1.54, 1.807) is 10.6 Å². The van der Waals surface area contributed by atoms with Crippen LogP contribution in [0.5, 0.6) is 0 Å². The van der Waals surface area contributed by atoms with Crippen LogP contribution in [-0.4, -0.2) is 26.1 Å². The summed E-state index contributed by atoms with van der Waals surface area (Å²) in [4.78, 5) is 16.0. The topological polar surface area (TPSA) is 58.9 Å². The zero-order valence-electron chi connectivity index (χ0n) is 22.0. The standard InChI is InChI=1S/C30H24F6N6/c31-29(32,33)23-10-8-19(9-11-23)16-42-18-38-25-26(37-15-20-4-3-7-24(14-20)30(34,35)36)39-28(40-27(25)42)41-13-12-21-5-1-2-6-22(21)17-41/h1-11,14,18H,12-13,15-17H2,(H,37,39,40). The van der Waals surface area contributed by atoms with Crippen molar-refractivity contribution in [2.75, 3.05) is 16.8 Å². The zero-order valence-corrected chi connectivity index (χ0v) is 22.0. The molecule has 1 aliphatic rings. The van der Waals surface area contributed by atoms with Gasteiger partial charge in [0.25, 0.3) is 0 Å². The second kappa shape index (κ2) is 10.7. The van der Waals surface area contributed by atoms with Crippen LogP contribution in [0.15, 0.2) is 79.1 Å². The molecule has 2 aromatic heterocycles. The van der Waals surface area contributed by atoms with Gasteiger partial charge >= 0.3 is 12.4 Å². The van der Waals surface area contributed by atoms with Crippen molar-refractivity contribution in [2.24, 2.45) is 0 Å². The fourth-order valence-corrected chi connectivity index (χ4v) is 5.02. The lowest BCUT2D eigenvalue weighted by Gasteiger charge is -2.29. The van der Waals surface area contributed by atoms with Crippen molar-refractivity contribution < 1.29 is 26.3 Å². The number of fused-ring (bicyclic) bond motifs is 2. The third-order valence-corrected chi connectivity index (χ3v) is 7.21. The molecule has 1 N–H and O–H groups in total. The van der Waals surface area contributed by atoms with Gasteiger partial charge in [0.2, 0.25) is 5.95 Å². The van der Waals surface area contributed by atoms with Gasteiger partial charge in [0, 0.05) is 19.6 Å². The summed E-state index contributed by atoms with van der Waals surface area (Å²) in [6.07, 6.45) is -6.58. The summed E-state index contributed by atoms with van der Waals surface area (Å²) < 4.78 is 80.6. The number of hydrogen-bond acceptors (Lipinski definition) is 5. The van der Waals surface area contributed by atoms with Crippen LogP contribution in [0.4, 0.5) is 38.1 Å². The molecule has 0 amide bonds. The van der Waals surface area contributed by atoms with Gasteiger partial charge < -0.3 is 14.8 Å². The van der Waals surface area contributed by atoms with Crippen LogP contribution in [0, 0.1) is 0 Å². The first-order chi connectivity index (χ1) is 20.0. The highest BCUT2D eigenvalue weighted by Gasteiger charge is 2.31. The third kappa shape index (κ3) is 5.74. The summed E-state index contributed by atoms with van der Waals surface area (Å²) in [7, 11) is 0. The van der Waals surface area contributed by atoms with Gasteiger partial charge in [-0.3, -0.25) is 0 Å². The van der Waals surface area contributed by atoms with Crippen molar-refractivity contribution in [1.29, 1.82) is 0 Å². The van der Waals surface area contributed by atoms with E-state index < -0.39 is 23.5 Å². The molecule has 1 aliphatic heterocycles. The second-order valence-corrected chi connectivity index (χ2v) is 10.1. The number of nitrogens with zero attached hydrogens (tertiary/aromatic N) is 5. The summed E-state index contributed by atoms with van der Waals surface area (Å²) >= 11 is 0. The first-order valence-corrected chi connectivity index (χ1v) is 13.2. The Morgan fingerprint density at radius 3 is 2.24 bits per heavy atom. The van der Waals surface area contributed by atoms with Crippen LogP contribution in [0.25, 0.3) is 11.2 Å². The quantitative estimate of drug-likeness (QED) is 0.217. The lowest BCUT2D eigenvalue weighted by Crippen LogP contribution is -2.32. The normalized spacial score (nSPS) is 13.8. The fourth-order valence-electron chi connectivity index (χ4n) is 5.02. The predicted molar refractivity (Wildman–Crippen MR) is 146 cm³/mol. The number of imidazole rings is 1. The first kappa shape index (κ1) is 27.6. The molecule has 0 atom stereocenters. The Bertz CT molecular complexity index is 1730. The van der Waals surface area contributed by atoms with E-state index in [0.29, 0.717) is 47.1 Å². The zero-order chi connectivity index (χ0) is 29.5. The van der Waals surface area contributed by atoms with Crippen molar-refractivity contribution in [2.45, 2.75) is 38.4 Å². The molecule has 3 heterocycles. The Hall–Kier alpha value is -4.61. The number of benzene rings is 3. The Kier molecular flexibility index (Phi) is 6.99. The molecule has 0 radical (unpaired) electrons. The summed E-state index contributed by atoms with van der Waals surface area (Å²) in [5, 5.41) is 3.14. The molecular formula is C30H24F6N6. The van der Waals surface area contributed by atoms with Gasteiger partial charge in [0.05, 0.1) is 24.0 Å². The van der Waals surface area contributed by atoms with Gasteiger partial charge in [-0.15, -0.1) is 0 Å². The second-order valence-electron chi connectivity index (χ2n) is 10.1. The van der Waals surface area contributed by atoms with Crippen LogP contribution in [-0.2, 0) is 38.4 Å². The number of aromatic nitrogens is 4. The molecule has 0 spiro atoms. The Morgan fingerprint density at radius 1 is 0.762 bits per heavy atom. The molecule has 0 unspecified atom stereocenters. The van der Waals surface area contributed by atoms with E-state index in [2.05, 4.69) is 16.4 Å². The van der Waals surface area contributed by atoms with Crippen LogP contribution < -0.4 is 10.2 Å².